The Morgan fingerprint density at radius 2 is 1.14 bits per heavy atom. The van der Waals surface area contributed by atoms with Crippen molar-refractivity contribution in [1.82, 2.24) is 0 Å². The molecule has 0 saturated carbocycles. The predicted molar refractivity (Wildman–Crippen MR) is 42.1 cm³/mol. The molecule has 0 amide bonds. The molecule has 0 fully saturated rings. The molecule has 0 aliphatic heterocycles. The highest BCUT2D eigenvalue weighted by Gasteiger charge is 2.89. The maximum Gasteiger partial charge on any atom is 0.467 e. The second-order valence-electron chi connectivity index (χ2n) is 3.36. The molecule has 13 heteroatoms. The Morgan fingerprint density at radius 1 is 0.762 bits per heavy atom. The van der Waals surface area contributed by atoms with Gasteiger partial charge in [0.15, 0.2) is 0 Å². The molecule has 0 aliphatic rings. The van der Waals surface area contributed by atoms with Crippen LogP contribution in [0.5, 0.6) is 0 Å². The second-order valence-corrected chi connectivity index (χ2v) is 3.36. The molecule has 124 valence electrons. The number of hydrogen-bond donors (Lipinski definition) is 0. The average Bonchev–Trinajstić information content (AvgIpc) is 2.24. The maximum atomic E-state index is 13.2. The van der Waals surface area contributed by atoms with Gasteiger partial charge in [-0.05, 0) is 0 Å². The van der Waals surface area contributed by atoms with E-state index in [0.29, 0.717) is 0 Å². The summed E-state index contributed by atoms with van der Waals surface area (Å²) in [6.45, 7) is 2.36. The first-order valence-corrected chi connectivity index (χ1v) is 4.39. The molecule has 1 atom stereocenters. The highest BCUT2D eigenvalue weighted by atomic mass is 19.4. The summed E-state index contributed by atoms with van der Waals surface area (Å²) < 4.78 is 138. The molecule has 0 N–H and O–H groups in total. The molecule has 0 aromatic carbocycles. The molecule has 0 spiro atoms. The monoisotopic (exact) mass is 340 g/mol. The van der Waals surface area contributed by atoms with Crippen LogP contribution in [0.3, 0.4) is 0 Å². The molecule has 0 bridgehead atoms. The van der Waals surface area contributed by atoms with Gasteiger partial charge in [-0.2, -0.15) is 48.3 Å². The van der Waals surface area contributed by atoms with Crippen molar-refractivity contribution in [3.05, 3.63) is 12.7 Å². The fourth-order valence-electron chi connectivity index (χ4n) is 0.860. The van der Waals surface area contributed by atoms with E-state index in [-0.39, 0.29) is 6.08 Å². The van der Waals surface area contributed by atoms with E-state index in [2.05, 4.69) is 11.3 Å². The van der Waals surface area contributed by atoms with Crippen LogP contribution < -0.4 is 0 Å². The van der Waals surface area contributed by atoms with Crippen molar-refractivity contribution in [2.75, 3.05) is 0 Å². The molecule has 1 unspecified atom stereocenters. The molecule has 0 aliphatic carbocycles. The zero-order valence-electron chi connectivity index (χ0n) is 9.26. The first-order valence-electron chi connectivity index (χ1n) is 4.39. The predicted octanol–water partition coefficient (Wildman–Crippen LogP) is 3.78. The van der Waals surface area contributed by atoms with Crippen molar-refractivity contribution in [3.8, 4) is 0 Å². The standard InChI is InChI=1S/C8H3F11O2/c1-2-3(20)21-6(13,8(17,18)19)4(9,10)5(11,12)7(14,15)16/h2H,1H2. The van der Waals surface area contributed by atoms with Gasteiger partial charge in [-0.3, -0.25) is 0 Å². The van der Waals surface area contributed by atoms with E-state index < -0.39 is 36.0 Å². The Kier molecular flexibility index (Phi) is 4.64. The molecule has 0 radical (unpaired) electrons. The van der Waals surface area contributed by atoms with Gasteiger partial charge in [0.1, 0.15) is 0 Å². The number of carbonyl (C=O) groups is 1. The minimum Gasteiger partial charge on any atom is -0.411 e. The van der Waals surface area contributed by atoms with E-state index in [1.54, 1.807) is 0 Å². The normalized spacial score (nSPS) is 17.1. The second kappa shape index (κ2) is 5.02. The number of carbonyl (C=O) groups excluding carboxylic acids is 1. The summed E-state index contributed by atoms with van der Waals surface area (Å²) in [5.74, 6) is -24.5. The number of rotatable bonds is 4. The molecular formula is C8H3F11O2. The molecular weight excluding hydrogens is 337 g/mol. The van der Waals surface area contributed by atoms with Crippen molar-refractivity contribution >= 4 is 5.97 Å². The van der Waals surface area contributed by atoms with Crippen LogP contribution in [-0.4, -0.2) is 36.0 Å². The van der Waals surface area contributed by atoms with Crippen molar-refractivity contribution in [2.24, 2.45) is 0 Å². The summed E-state index contributed by atoms with van der Waals surface area (Å²) in [4.78, 5) is 10.4. The van der Waals surface area contributed by atoms with Crippen LogP contribution in [0.2, 0.25) is 0 Å². The van der Waals surface area contributed by atoms with Crippen LogP contribution in [0.15, 0.2) is 12.7 Å². The summed E-state index contributed by atoms with van der Waals surface area (Å²) in [5, 5.41) is 0. The fraction of sp³-hybridized carbons (Fsp3) is 0.625. The minimum atomic E-state index is -7.49. The number of alkyl halides is 11. The van der Waals surface area contributed by atoms with E-state index in [1.807, 2.05) is 0 Å². The third-order valence-electron chi connectivity index (χ3n) is 1.93. The zero-order valence-corrected chi connectivity index (χ0v) is 9.26. The zero-order chi connectivity index (χ0) is 17.5. The van der Waals surface area contributed by atoms with Crippen LogP contribution in [0.4, 0.5) is 48.3 Å². The maximum absolute atomic E-state index is 13.2. The first kappa shape index (κ1) is 19.4. The molecule has 0 heterocycles. The lowest BCUT2D eigenvalue weighted by molar-refractivity contribution is -0.454. The third-order valence-corrected chi connectivity index (χ3v) is 1.93. The quantitative estimate of drug-likeness (QED) is 0.442. The Balaban J connectivity index is 6.18. The van der Waals surface area contributed by atoms with E-state index >= 15 is 0 Å². The summed E-state index contributed by atoms with van der Waals surface area (Å²) in [7, 11) is 0. The molecule has 2 nitrogen and oxygen atoms in total. The van der Waals surface area contributed by atoms with Gasteiger partial charge in [-0.1, -0.05) is 6.58 Å². The lowest BCUT2D eigenvalue weighted by Crippen LogP contribution is -2.68. The van der Waals surface area contributed by atoms with E-state index in [4.69, 9.17) is 0 Å². The summed E-state index contributed by atoms with van der Waals surface area (Å²) in [5.41, 5.74) is 0. The van der Waals surface area contributed by atoms with Crippen molar-refractivity contribution in [2.45, 2.75) is 30.1 Å². The van der Waals surface area contributed by atoms with Crippen molar-refractivity contribution in [3.63, 3.8) is 0 Å². The summed E-state index contributed by atoms with van der Waals surface area (Å²) in [6.07, 6.45) is -14.7. The minimum absolute atomic E-state index is 0.345. The third kappa shape index (κ3) is 2.90. The van der Waals surface area contributed by atoms with Crippen molar-refractivity contribution < 1.29 is 57.8 Å². The highest BCUT2D eigenvalue weighted by Crippen LogP contribution is 2.57. The number of halogens is 11. The van der Waals surface area contributed by atoms with Gasteiger partial charge < -0.3 is 4.74 Å². The average molecular weight is 340 g/mol. The van der Waals surface area contributed by atoms with E-state index in [0.717, 1.165) is 0 Å². The smallest absolute Gasteiger partial charge is 0.411 e. The van der Waals surface area contributed by atoms with E-state index in [9.17, 15) is 53.1 Å². The largest absolute Gasteiger partial charge is 0.467 e. The molecule has 0 aromatic heterocycles. The summed E-state index contributed by atoms with van der Waals surface area (Å²) >= 11 is 0. The van der Waals surface area contributed by atoms with Gasteiger partial charge in [-0.15, -0.1) is 0 Å². The fourth-order valence-corrected chi connectivity index (χ4v) is 0.860. The Bertz CT molecular complexity index is 421. The van der Waals surface area contributed by atoms with Crippen LogP contribution in [0, 0.1) is 0 Å². The Morgan fingerprint density at radius 3 is 1.38 bits per heavy atom. The van der Waals surface area contributed by atoms with E-state index in [1.165, 1.54) is 0 Å². The lowest BCUT2D eigenvalue weighted by atomic mass is 10.0. The van der Waals surface area contributed by atoms with Crippen LogP contribution in [0.1, 0.15) is 0 Å². The van der Waals surface area contributed by atoms with Crippen LogP contribution in [0.25, 0.3) is 0 Å². The molecule has 21 heavy (non-hydrogen) atoms. The molecule has 0 saturated heterocycles. The Hall–Kier alpha value is -1.56. The van der Waals surface area contributed by atoms with Crippen molar-refractivity contribution in [1.29, 1.82) is 0 Å². The summed E-state index contributed by atoms with van der Waals surface area (Å²) in [6, 6.07) is 0. The van der Waals surface area contributed by atoms with Gasteiger partial charge in [0, 0.05) is 6.08 Å². The van der Waals surface area contributed by atoms with Gasteiger partial charge in [0.25, 0.3) is 0 Å². The first-order chi connectivity index (χ1) is 8.95. The number of ether oxygens (including phenoxy) is 1. The lowest BCUT2D eigenvalue weighted by Gasteiger charge is -2.37. The van der Waals surface area contributed by atoms with Gasteiger partial charge >= 0.3 is 36.0 Å². The van der Waals surface area contributed by atoms with Gasteiger partial charge in [0.2, 0.25) is 0 Å². The number of hydrogen-bond acceptors (Lipinski definition) is 2. The number of esters is 1. The van der Waals surface area contributed by atoms with Crippen LogP contribution >= 0.6 is 0 Å². The Labute approximate surface area is 108 Å². The molecule has 0 aromatic rings. The molecule has 0 rings (SSSR count). The topological polar surface area (TPSA) is 26.3 Å². The van der Waals surface area contributed by atoms with Gasteiger partial charge in [-0.25, -0.2) is 4.79 Å². The van der Waals surface area contributed by atoms with Gasteiger partial charge in [0.05, 0.1) is 0 Å². The SMILES string of the molecule is C=CC(=O)OC(F)(C(F)(F)F)C(F)(F)C(F)(F)C(F)(F)F. The van der Waals surface area contributed by atoms with Crippen LogP contribution in [-0.2, 0) is 9.53 Å². The highest BCUT2D eigenvalue weighted by molar-refractivity contribution is 5.81.